The predicted molar refractivity (Wildman–Crippen MR) is 97.1 cm³/mol. The van der Waals surface area contributed by atoms with Gasteiger partial charge in [-0.25, -0.2) is 9.18 Å². The fraction of sp³-hybridized carbons (Fsp3) is 0.300. The Hall–Kier alpha value is -2.21. The molecule has 1 aliphatic carbocycles. The number of esters is 2. The van der Waals surface area contributed by atoms with Gasteiger partial charge in [0.15, 0.2) is 0 Å². The molecule has 0 N–H and O–H groups in total. The lowest BCUT2D eigenvalue weighted by Gasteiger charge is -2.19. The van der Waals surface area contributed by atoms with Crippen molar-refractivity contribution in [1.29, 1.82) is 0 Å². The van der Waals surface area contributed by atoms with E-state index in [-0.39, 0.29) is 19.6 Å². The summed E-state index contributed by atoms with van der Waals surface area (Å²) in [6.45, 7) is 1.65. The molecule has 1 saturated carbocycles. The van der Waals surface area contributed by atoms with Gasteiger partial charge < -0.3 is 9.47 Å². The highest BCUT2D eigenvalue weighted by Crippen LogP contribution is 2.62. The minimum Gasteiger partial charge on any atom is -0.464 e. The largest absolute Gasteiger partial charge is 0.464 e. The average molecular weight is 421 g/mol. The van der Waals surface area contributed by atoms with Crippen molar-refractivity contribution in [3.63, 3.8) is 0 Å². The second-order valence-electron chi connectivity index (χ2n) is 6.17. The molecule has 2 aromatic rings. The van der Waals surface area contributed by atoms with Crippen LogP contribution in [0.1, 0.15) is 24.5 Å². The highest BCUT2D eigenvalue weighted by Gasteiger charge is 2.81. The lowest BCUT2D eigenvalue weighted by atomic mass is 9.92. The zero-order valence-corrected chi connectivity index (χ0v) is 15.8. The Kier molecular flexibility index (Phi) is 5.14. The predicted octanol–water partition coefficient (Wildman–Crippen LogP) is 4.11. The maximum Gasteiger partial charge on any atom is 0.345 e. The molecule has 0 aromatic heterocycles. The first-order chi connectivity index (χ1) is 12.4. The van der Waals surface area contributed by atoms with Crippen LogP contribution >= 0.6 is 15.9 Å². The third-order valence-electron chi connectivity index (χ3n) is 4.56. The molecule has 0 heterocycles. The van der Waals surface area contributed by atoms with Gasteiger partial charge in [-0.2, -0.15) is 0 Å². The van der Waals surface area contributed by atoms with Gasteiger partial charge in [0, 0.05) is 10.9 Å². The van der Waals surface area contributed by atoms with E-state index in [1.165, 1.54) is 0 Å². The van der Waals surface area contributed by atoms with Gasteiger partial charge in [-0.1, -0.05) is 58.4 Å². The van der Waals surface area contributed by atoms with Crippen LogP contribution in [0, 0.1) is 0 Å². The molecule has 2 atom stereocenters. The summed E-state index contributed by atoms with van der Waals surface area (Å²) in [6.07, 6.45) is -0.284. The summed E-state index contributed by atoms with van der Waals surface area (Å²) in [5.74, 6) is -1.79. The summed E-state index contributed by atoms with van der Waals surface area (Å²) < 4.78 is 26.4. The van der Waals surface area contributed by atoms with Crippen molar-refractivity contribution in [3.8, 4) is 0 Å². The van der Waals surface area contributed by atoms with E-state index < -0.39 is 23.0 Å². The molecule has 2 aromatic carbocycles. The Morgan fingerprint density at radius 1 is 1.04 bits per heavy atom. The first-order valence-corrected chi connectivity index (χ1v) is 9.06. The fourth-order valence-electron chi connectivity index (χ4n) is 3.08. The van der Waals surface area contributed by atoms with Crippen molar-refractivity contribution in [3.05, 3.63) is 70.2 Å². The summed E-state index contributed by atoms with van der Waals surface area (Å²) in [7, 11) is 0. The topological polar surface area (TPSA) is 52.6 Å². The number of ether oxygens (including phenoxy) is 2. The van der Waals surface area contributed by atoms with Crippen LogP contribution in [0.15, 0.2) is 59.1 Å². The zero-order chi connectivity index (χ0) is 18.8. The molecule has 136 valence electrons. The van der Waals surface area contributed by atoms with E-state index in [2.05, 4.69) is 15.9 Å². The Labute approximate surface area is 159 Å². The van der Waals surface area contributed by atoms with E-state index in [4.69, 9.17) is 9.47 Å². The molecule has 26 heavy (non-hydrogen) atoms. The van der Waals surface area contributed by atoms with Crippen LogP contribution in [0.5, 0.6) is 0 Å². The van der Waals surface area contributed by atoms with Crippen molar-refractivity contribution in [2.75, 3.05) is 6.61 Å². The SMILES string of the molecule is CCOC(=O)[C@]1(F)C[C@@]1(C(=O)OCc1ccccc1)c1ccc(Br)cc1. The molecule has 3 rings (SSSR count). The van der Waals surface area contributed by atoms with Gasteiger partial charge in [0.2, 0.25) is 5.67 Å². The molecule has 0 bridgehead atoms. The molecule has 1 fully saturated rings. The first-order valence-electron chi connectivity index (χ1n) is 8.27. The number of alkyl halides is 1. The summed E-state index contributed by atoms with van der Waals surface area (Å²) in [5.41, 5.74) is -2.90. The third kappa shape index (κ3) is 3.14. The van der Waals surface area contributed by atoms with Gasteiger partial charge in [0.25, 0.3) is 0 Å². The highest BCUT2D eigenvalue weighted by atomic mass is 79.9. The minimum atomic E-state index is -2.41. The normalized spacial score (nSPS) is 24.0. The molecule has 0 aliphatic heterocycles. The smallest absolute Gasteiger partial charge is 0.345 e. The van der Waals surface area contributed by atoms with Gasteiger partial charge in [-0.05, 0) is 30.2 Å². The molecule has 0 amide bonds. The molecule has 6 heteroatoms. The fourth-order valence-corrected chi connectivity index (χ4v) is 3.34. The van der Waals surface area contributed by atoms with E-state index >= 15 is 4.39 Å². The molecule has 4 nitrogen and oxygen atoms in total. The van der Waals surface area contributed by atoms with Crippen molar-refractivity contribution in [2.24, 2.45) is 0 Å². The van der Waals surface area contributed by atoms with Crippen LogP contribution in [0.3, 0.4) is 0 Å². The van der Waals surface area contributed by atoms with Gasteiger partial charge in [0.05, 0.1) is 6.61 Å². The summed E-state index contributed by atoms with van der Waals surface area (Å²) >= 11 is 3.31. The standard InChI is InChI=1S/C20H18BrFO4/c1-2-25-18(24)20(22)13-19(20,15-8-10-16(21)11-9-15)17(23)26-12-14-6-4-3-5-7-14/h3-11H,2,12-13H2,1H3/t19-,20+/m0/s1. The monoisotopic (exact) mass is 420 g/mol. The molecule has 0 spiro atoms. The summed E-state index contributed by atoms with van der Waals surface area (Å²) in [6, 6.07) is 15.7. The highest BCUT2D eigenvalue weighted by molar-refractivity contribution is 9.10. The van der Waals surface area contributed by atoms with Crippen molar-refractivity contribution >= 4 is 27.9 Å². The molecule has 0 unspecified atom stereocenters. The average Bonchev–Trinajstić information content (AvgIpc) is 3.30. The molecule has 1 aliphatic rings. The van der Waals surface area contributed by atoms with Gasteiger partial charge in [-0.15, -0.1) is 0 Å². The maximum absolute atomic E-state index is 15.4. The van der Waals surface area contributed by atoms with E-state index in [0.717, 1.165) is 10.0 Å². The van der Waals surface area contributed by atoms with Crippen LogP contribution < -0.4 is 0 Å². The number of hydrogen-bond donors (Lipinski definition) is 0. The molecule has 0 radical (unpaired) electrons. The minimum absolute atomic E-state index is 0.0108. The van der Waals surface area contributed by atoms with Crippen molar-refractivity contribution in [1.82, 2.24) is 0 Å². The van der Waals surface area contributed by atoms with Gasteiger partial charge in [-0.3, -0.25) is 4.79 Å². The van der Waals surface area contributed by atoms with Gasteiger partial charge >= 0.3 is 11.9 Å². The Balaban J connectivity index is 1.88. The maximum atomic E-state index is 15.4. The second kappa shape index (κ2) is 7.19. The Morgan fingerprint density at radius 3 is 2.31 bits per heavy atom. The molecule has 0 saturated heterocycles. The van der Waals surface area contributed by atoms with E-state index in [1.54, 1.807) is 43.3 Å². The van der Waals surface area contributed by atoms with E-state index in [9.17, 15) is 9.59 Å². The molecular formula is C20H18BrFO4. The summed E-state index contributed by atoms with van der Waals surface area (Å²) in [4.78, 5) is 25.0. The number of carbonyl (C=O) groups is 2. The van der Waals surface area contributed by atoms with Crippen LogP contribution in [-0.4, -0.2) is 24.2 Å². The number of benzene rings is 2. The van der Waals surface area contributed by atoms with Crippen molar-refractivity contribution < 1.29 is 23.5 Å². The van der Waals surface area contributed by atoms with Crippen LogP contribution in [0.4, 0.5) is 4.39 Å². The van der Waals surface area contributed by atoms with Gasteiger partial charge in [0.1, 0.15) is 12.0 Å². The zero-order valence-electron chi connectivity index (χ0n) is 14.2. The van der Waals surface area contributed by atoms with Crippen LogP contribution in [0.25, 0.3) is 0 Å². The Bertz CT molecular complexity index is 808. The number of rotatable bonds is 6. The van der Waals surface area contributed by atoms with Crippen molar-refractivity contribution in [2.45, 2.75) is 31.0 Å². The number of hydrogen-bond acceptors (Lipinski definition) is 4. The Morgan fingerprint density at radius 2 is 1.69 bits per heavy atom. The number of carbonyl (C=O) groups excluding carboxylic acids is 2. The lowest BCUT2D eigenvalue weighted by Crippen LogP contribution is -2.37. The summed E-state index contributed by atoms with van der Waals surface area (Å²) in [5, 5.41) is 0. The third-order valence-corrected chi connectivity index (χ3v) is 5.09. The van der Waals surface area contributed by atoms with E-state index in [1.807, 2.05) is 18.2 Å². The van der Waals surface area contributed by atoms with Crippen LogP contribution in [-0.2, 0) is 31.1 Å². The second-order valence-corrected chi connectivity index (χ2v) is 7.09. The quantitative estimate of drug-likeness (QED) is 0.659. The molecular weight excluding hydrogens is 403 g/mol. The lowest BCUT2D eigenvalue weighted by molar-refractivity contribution is -0.158. The first kappa shape index (κ1) is 18.6. The van der Waals surface area contributed by atoms with E-state index in [0.29, 0.717) is 5.56 Å². The van der Waals surface area contributed by atoms with Crippen LogP contribution in [0.2, 0.25) is 0 Å². The number of halogens is 2.